The number of alkyl halides is 6. The Labute approximate surface area is 101 Å². The van der Waals surface area contributed by atoms with Crippen LogP contribution in [0.4, 0.5) is 26.3 Å². The van der Waals surface area contributed by atoms with Crippen molar-refractivity contribution in [1.29, 1.82) is 0 Å². The first-order valence-corrected chi connectivity index (χ1v) is 4.96. The van der Waals surface area contributed by atoms with Crippen LogP contribution in [0, 0.1) is 0 Å². The molecule has 0 aliphatic carbocycles. The highest BCUT2D eigenvalue weighted by molar-refractivity contribution is 9.10. The third-order valence-corrected chi connectivity index (χ3v) is 2.32. The van der Waals surface area contributed by atoms with Crippen LogP contribution in [0.25, 0.3) is 0 Å². The van der Waals surface area contributed by atoms with Crippen LogP contribution in [-0.2, 0) is 0 Å². The predicted molar refractivity (Wildman–Crippen MR) is 50.7 cm³/mol. The van der Waals surface area contributed by atoms with E-state index < -0.39 is 24.2 Å². The van der Waals surface area contributed by atoms with E-state index >= 15 is 0 Å². The molecule has 0 aliphatic rings. The van der Waals surface area contributed by atoms with Gasteiger partial charge in [0.05, 0.1) is 4.47 Å². The van der Waals surface area contributed by atoms with Crippen molar-refractivity contribution in [1.82, 2.24) is 0 Å². The normalized spacial score (nSPS) is 14.5. The first-order chi connectivity index (χ1) is 7.64. The second-order valence-corrected chi connectivity index (χ2v) is 3.85. The molecule has 0 radical (unpaired) electrons. The summed E-state index contributed by atoms with van der Waals surface area (Å²) in [5.74, 6) is -0.579. The molecule has 0 heterocycles. The smallest absolute Gasteiger partial charge is 0.429 e. The first kappa shape index (κ1) is 14.1. The molecule has 0 N–H and O–H groups in total. The fraction of sp³-hybridized carbons (Fsp3) is 0.333. The third kappa shape index (κ3) is 3.52. The Bertz CT molecular complexity index is 391. The maximum atomic E-state index is 12.8. The van der Waals surface area contributed by atoms with Crippen molar-refractivity contribution >= 4 is 15.9 Å². The van der Waals surface area contributed by atoms with Crippen molar-refractivity contribution in [3.63, 3.8) is 0 Å². The van der Waals surface area contributed by atoms with Gasteiger partial charge < -0.3 is 4.74 Å². The zero-order chi connectivity index (χ0) is 13.3. The number of benzene rings is 1. The van der Waals surface area contributed by atoms with Gasteiger partial charge in [-0.25, -0.2) is 4.39 Å². The van der Waals surface area contributed by atoms with Crippen LogP contribution in [0.3, 0.4) is 0 Å². The van der Waals surface area contributed by atoms with Gasteiger partial charge >= 0.3 is 12.3 Å². The molecule has 0 amide bonds. The summed E-state index contributed by atoms with van der Waals surface area (Å²) < 4.78 is 77.3. The Kier molecular flexibility index (Phi) is 3.95. The van der Waals surface area contributed by atoms with Crippen molar-refractivity contribution < 1.29 is 31.1 Å². The number of halogens is 7. The Morgan fingerprint density at radius 1 is 1.06 bits per heavy atom. The van der Waals surface area contributed by atoms with Gasteiger partial charge in [0.2, 0.25) is 0 Å². The molecule has 0 fully saturated rings. The van der Waals surface area contributed by atoms with E-state index in [1.807, 2.05) is 0 Å². The van der Waals surface area contributed by atoms with Gasteiger partial charge in [0.25, 0.3) is 6.17 Å². The van der Waals surface area contributed by atoms with E-state index in [2.05, 4.69) is 20.7 Å². The Hall–Kier alpha value is -0.920. The van der Waals surface area contributed by atoms with Crippen LogP contribution in [-0.4, -0.2) is 18.5 Å². The van der Waals surface area contributed by atoms with E-state index in [4.69, 9.17) is 0 Å². The van der Waals surface area contributed by atoms with Crippen molar-refractivity contribution in [2.75, 3.05) is 0 Å². The number of para-hydroxylation sites is 1. The SMILES string of the molecule is F[C@@H](C(F)(F)F)C(F)(F)Oc1ccccc1Br. The monoisotopic (exact) mass is 322 g/mol. The summed E-state index contributed by atoms with van der Waals surface area (Å²) in [6, 6.07) is 4.95. The summed E-state index contributed by atoms with van der Waals surface area (Å²) in [6.07, 6.45) is -15.1. The summed E-state index contributed by atoms with van der Waals surface area (Å²) in [6.45, 7) is 0. The average molecular weight is 323 g/mol. The van der Waals surface area contributed by atoms with Gasteiger partial charge in [-0.3, -0.25) is 0 Å². The topological polar surface area (TPSA) is 9.23 Å². The zero-order valence-electron chi connectivity index (χ0n) is 7.94. The fourth-order valence-corrected chi connectivity index (χ4v) is 1.28. The maximum absolute atomic E-state index is 12.8. The zero-order valence-corrected chi connectivity index (χ0v) is 9.53. The minimum absolute atomic E-state index is 0.00551. The van der Waals surface area contributed by atoms with E-state index in [9.17, 15) is 26.3 Å². The number of ether oxygens (including phenoxy) is 1. The van der Waals surface area contributed by atoms with E-state index in [0.717, 1.165) is 6.07 Å². The van der Waals surface area contributed by atoms with E-state index in [0.29, 0.717) is 0 Å². The second-order valence-electron chi connectivity index (χ2n) is 3.00. The fourth-order valence-electron chi connectivity index (χ4n) is 0.916. The third-order valence-electron chi connectivity index (χ3n) is 1.67. The van der Waals surface area contributed by atoms with Gasteiger partial charge in [0.1, 0.15) is 5.75 Å². The van der Waals surface area contributed by atoms with Gasteiger partial charge in [0, 0.05) is 0 Å². The molecule has 0 aliphatic heterocycles. The van der Waals surface area contributed by atoms with Gasteiger partial charge in [-0.15, -0.1) is 0 Å². The average Bonchev–Trinajstić information content (AvgIpc) is 2.19. The molecule has 0 saturated carbocycles. The lowest BCUT2D eigenvalue weighted by Crippen LogP contribution is -2.45. The second kappa shape index (κ2) is 4.75. The molecule has 0 saturated heterocycles. The summed E-state index contributed by atoms with van der Waals surface area (Å²) in [5.41, 5.74) is 0. The van der Waals surface area contributed by atoms with Crippen molar-refractivity contribution in [2.45, 2.75) is 18.5 Å². The molecule has 1 aromatic carbocycles. The van der Waals surface area contributed by atoms with Crippen LogP contribution in [0.2, 0.25) is 0 Å². The lowest BCUT2D eigenvalue weighted by molar-refractivity contribution is -0.305. The minimum atomic E-state index is -5.69. The first-order valence-electron chi connectivity index (χ1n) is 4.17. The maximum Gasteiger partial charge on any atom is 0.439 e. The van der Waals surface area contributed by atoms with Gasteiger partial charge in [-0.2, -0.15) is 22.0 Å². The molecule has 0 spiro atoms. The molecule has 0 aromatic heterocycles. The highest BCUT2D eigenvalue weighted by atomic mass is 79.9. The van der Waals surface area contributed by atoms with Crippen LogP contribution >= 0.6 is 15.9 Å². The molecule has 0 bridgehead atoms. The Morgan fingerprint density at radius 2 is 1.59 bits per heavy atom. The molecule has 8 heteroatoms. The van der Waals surface area contributed by atoms with E-state index in [1.165, 1.54) is 18.2 Å². The molecule has 0 unspecified atom stereocenters. The standard InChI is InChI=1S/C9H5BrF6O/c10-5-3-1-2-4-6(5)17-9(15,16)7(11)8(12,13)14/h1-4,7H/t7-/m0/s1. The minimum Gasteiger partial charge on any atom is -0.429 e. The van der Waals surface area contributed by atoms with E-state index in [1.54, 1.807) is 0 Å². The van der Waals surface area contributed by atoms with Crippen LogP contribution in [0.15, 0.2) is 28.7 Å². The highest BCUT2D eigenvalue weighted by Crippen LogP contribution is 2.38. The number of hydrogen-bond acceptors (Lipinski definition) is 1. The quantitative estimate of drug-likeness (QED) is 0.753. The molecular weight excluding hydrogens is 318 g/mol. The van der Waals surface area contributed by atoms with Crippen LogP contribution in [0.5, 0.6) is 5.75 Å². The molecule has 96 valence electrons. The highest BCUT2D eigenvalue weighted by Gasteiger charge is 2.59. The molecule has 17 heavy (non-hydrogen) atoms. The Morgan fingerprint density at radius 3 is 2.06 bits per heavy atom. The van der Waals surface area contributed by atoms with Crippen molar-refractivity contribution in [3.05, 3.63) is 28.7 Å². The molecule has 1 aromatic rings. The summed E-state index contributed by atoms with van der Waals surface area (Å²) in [7, 11) is 0. The Balaban J connectivity index is 2.90. The lowest BCUT2D eigenvalue weighted by Gasteiger charge is -2.23. The van der Waals surface area contributed by atoms with Crippen LogP contribution in [0.1, 0.15) is 0 Å². The summed E-state index contributed by atoms with van der Waals surface area (Å²) in [4.78, 5) is 0. The van der Waals surface area contributed by atoms with E-state index in [-0.39, 0.29) is 4.47 Å². The largest absolute Gasteiger partial charge is 0.439 e. The van der Waals surface area contributed by atoms with Crippen molar-refractivity contribution in [3.8, 4) is 5.75 Å². The number of hydrogen-bond donors (Lipinski definition) is 0. The van der Waals surface area contributed by atoms with Gasteiger partial charge in [-0.05, 0) is 28.1 Å². The summed E-state index contributed by atoms with van der Waals surface area (Å²) >= 11 is 2.79. The van der Waals surface area contributed by atoms with Gasteiger partial charge in [0.15, 0.2) is 0 Å². The van der Waals surface area contributed by atoms with Crippen LogP contribution < -0.4 is 4.74 Å². The molecule has 1 atom stereocenters. The lowest BCUT2D eigenvalue weighted by atomic mass is 10.3. The molecular formula is C9H5BrF6O. The van der Waals surface area contributed by atoms with Crippen molar-refractivity contribution in [2.24, 2.45) is 0 Å². The van der Waals surface area contributed by atoms with Gasteiger partial charge in [-0.1, -0.05) is 12.1 Å². The summed E-state index contributed by atoms with van der Waals surface area (Å²) in [5, 5.41) is 0. The predicted octanol–water partition coefficient (Wildman–Crippen LogP) is 4.32. The molecule has 1 rings (SSSR count). The number of rotatable bonds is 3. The molecule has 1 nitrogen and oxygen atoms in total.